The normalized spacial score (nSPS) is 14.2. The van der Waals surface area contributed by atoms with Crippen LogP contribution in [0.4, 0.5) is 0 Å². The molecular formula is C15H14Cl2N6O. The molecule has 0 radical (unpaired) electrons. The third-order valence-electron chi connectivity index (χ3n) is 3.59. The maximum Gasteiger partial charge on any atom is 0.274 e. The Morgan fingerprint density at radius 3 is 2.92 bits per heavy atom. The van der Waals surface area contributed by atoms with E-state index < -0.39 is 0 Å². The SMILES string of the molecule is CC1=C(NC(=O)c2cc(Cl)nn2-c2ncccc2Cl)CN=CN1C. The Balaban J connectivity index is 1.95. The number of carbonyl (C=O) groups is 1. The average molecular weight is 365 g/mol. The van der Waals surface area contributed by atoms with E-state index in [1.54, 1.807) is 24.7 Å². The maximum absolute atomic E-state index is 12.7. The fourth-order valence-electron chi connectivity index (χ4n) is 2.21. The van der Waals surface area contributed by atoms with E-state index in [2.05, 4.69) is 20.4 Å². The molecule has 9 heteroatoms. The van der Waals surface area contributed by atoms with E-state index in [-0.39, 0.29) is 16.8 Å². The van der Waals surface area contributed by atoms with Crippen molar-refractivity contribution < 1.29 is 4.79 Å². The van der Waals surface area contributed by atoms with Crippen molar-refractivity contribution in [3.8, 4) is 5.82 Å². The Bertz CT molecular complexity index is 857. The summed E-state index contributed by atoms with van der Waals surface area (Å²) in [6.45, 7) is 2.30. The molecule has 2 aromatic rings. The molecule has 0 aliphatic carbocycles. The first kappa shape index (κ1) is 16.5. The van der Waals surface area contributed by atoms with Gasteiger partial charge in [-0.25, -0.2) is 9.67 Å². The Kier molecular flexibility index (Phi) is 4.55. The van der Waals surface area contributed by atoms with Crippen molar-refractivity contribution in [3.63, 3.8) is 0 Å². The minimum atomic E-state index is -0.365. The summed E-state index contributed by atoms with van der Waals surface area (Å²) in [6, 6.07) is 4.83. The predicted molar refractivity (Wildman–Crippen MR) is 92.7 cm³/mol. The number of aromatic nitrogens is 3. The monoisotopic (exact) mass is 364 g/mol. The first-order chi connectivity index (χ1) is 11.5. The summed E-state index contributed by atoms with van der Waals surface area (Å²) >= 11 is 12.1. The minimum absolute atomic E-state index is 0.173. The van der Waals surface area contributed by atoms with Gasteiger partial charge in [0.2, 0.25) is 0 Å². The highest BCUT2D eigenvalue weighted by atomic mass is 35.5. The van der Waals surface area contributed by atoms with Crippen molar-refractivity contribution >= 4 is 35.4 Å². The molecule has 24 heavy (non-hydrogen) atoms. The number of halogens is 2. The molecule has 124 valence electrons. The molecule has 7 nitrogen and oxygen atoms in total. The van der Waals surface area contributed by atoms with E-state index in [1.807, 2.05) is 18.9 Å². The molecule has 0 fully saturated rings. The summed E-state index contributed by atoms with van der Waals surface area (Å²) in [5.74, 6) is -0.0309. The van der Waals surface area contributed by atoms with Crippen LogP contribution in [0.25, 0.3) is 5.82 Å². The molecule has 0 atom stereocenters. The van der Waals surface area contributed by atoms with Crippen molar-refractivity contribution in [1.29, 1.82) is 0 Å². The van der Waals surface area contributed by atoms with Crippen LogP contribution in [0.1, 0.15) is 17.4 Å². The van der Waals surface area contributed by atoms with Crippen LogP contribution < -0.4 is 5.32 Å². The zero-order valence-electron chi connectivity index (χ0n) is 13.0. The van der Waals surface area contributed by atoms with E-state index in [9.17, 15) is 4.79 Å². The fourth-order valence-corrected chi connectivity index (χ4v) is 2.59. The first-order valence-electron chi connectivity index (χ1n) is 7.07. The molecule has 0 bridgehead atoms. The van der Waals surface area contributed by atoms with E-state index in [1.165, 1.54) is 10.7 Å². The third-order valence-corrected chi connectivity index (χ3v) is 4.07. The van der Waals surface area contributed by atoms with E-state index in [0.717, 1.165) is 5.70 Å². The molecule has 0 aromatic carbocycles. The lowest BCUT2D eigenvalue weighted by molar-refractivity contribution is 0.0956. The number of pyridine rings is 1. The molecule has 0 unspecified atom stereocenters. The van der Waals surface area contributed by atoms with Crippen molar-refractivity contribution in [2.75, 3.05) is 13.6 Å². The molecule has 3 heterocycles. The van der Waals surface area contributed by atoms with Gasteiger partial charge in [-0.1, -0.05) is 23.2 Å². The van der Waals surface area contributed by atoms with Crippen molar-refractivity contribution in [1.82, 2.24) is 25.0 Å². The van der Waals surface area contributed by atoms with Gasteiger partial charge < -0.3 is 10.2 Å². The van der Waals surface area contributed by atoms with Crippen molar-refractivity contribution in [2.24, 2.45) is 4.99 Å². The maximum atomic E-state index is 12.7. The second-order valence-electron chi connectivity index (χ2n) is 5.16. The first-order valence-corrected chi connectivity index (χ1v) is 7.83. The van der Waals surface area contributed by atoms with Gasteiger partial charge in [-0.05, 0) is 19.1 Å². The fraction of sp³-hybridized carbons (Fsp3) is 0.200. The van der Waals surface area contributed by atoms with Crippen LogP contribution in [0.5, 0.6) is 0 Å². The number of rotatable bonds is 3. The number of hydrogen-bond acceptors (Lipinski definition) is 5. The third kappa shape index (κ3) is 3.13. The van der Waals surface area contributed by atoms with Gasteiger partial charge >= 0.3 is 0 Å². The molecule has 1 aliphatic heterocycles. The van der Waals surface area contributed by atoms with Crippen LogP contribution in [-0.2, 0) is 0 Å². The van der Waals surface area contributed by atoms with Gasteiger partial charge in [0.1, 0.15) is 5.69 Å². The Labute approximate surface area is 148 Å². The van der Waals surface area contributed by atoms with Crippen LogP contribution >= 0.6 is 23.2 Å². The standard InChI is InChI=1S/C15H14Cl2N6O/c1-9-11(7-18-8-22(9)2)20-15(24)12-6-13(17)21-23(12)14-10(16)4-3-5-19-14/h3-6,8H,7H2,1-2H3,(H,20,24). The van der Waals surface area contributed by atoms with Gasteiger partial charge in [-0.15, -0.1) is 0 Å². The lowest BCUT2D eigenvalue weighted by Gasteiger charge is -2.22. The number of amides is 1. The number of hydrogen-bond donors (Lipinski definition) is 1. The van der Waals surface area contributed by atoms with Crippen molar-refractivity contribution in [3.05, 3.63) is 51.7 Å². The highest BCUT2D eigenvalue weighted by molar-refractivity contribution is 6.32. The Hall–Kier alpha value is -2.38. The zero-order chi connectivity index (χ0) is 17.3. The highest BCUT2D eigenvalue weighted by Gasteiger charge is 2.21. The van der Waals surface area contributed by atoms with Gasteiger partial charge in [0.05, 0.1) is 23.6 Å². The predicted octanol–water partition coefficient (Wildman–Crippen LogP) is 2.51. The summed E-state index contributed by atoms with van der Waals surface area (Å²) in [4.78, 5) is 22.9. The number of aliphatic imine (C=N–C) groups is 1. The van der Waals surface area contributed by atoms with Gasteiger partial charge in [0.25, 0.3) is 5.91 Å². The van der Waals surface area contributed by atoms with Crippen LogP contribution in [0, 0.1) is 0 Å². The lowest BCUT2D eigenvalue weighted by Crippen LogP contribution is -2.32. The summed E-state index contributed by atoms with van der Waals surface area (Å²) in [5, 5.41) is 7.50. The molecule has 3 rings (SSSR count). The zero-order valence-corrected chi connectivity index (χ0v) is 14.5. The van der Waals surface area contributed by atoms with Gasteiger partial charge in [-0.3, -0.25) is 9.79 Å². The van der Waals surface area contributed by atoms with Crippen LogP contribution in [0.2, 0.25) is 10.2 Å². The number of nitrogens with one attached hydrogen (secondary N) is 1. The number of carbonyl (C=O) groups excluding carboxylic acids is 1. The topological polar surface area (TPSA) is 75.4 Å². The molecule has 2 aromatic heterocycles. The van der Waals surface area contributed by atoms with Crippen LogP contribution in [0.3, 0.4) is 0 Å². The minimum Gasteiger partial charge on any atom is -0.338 e. The summed E-state index contributed by atoms with van der Waals surface area (Å²) in [5.41, 5.74) is 1.85. The smallest absolute Gasteiger partial charge is 0.274 e. The number of nitrogens with zero attached hydrogens (tertiary/aromatic N) is 5. The van der Waals surface area contributed by atoms with E-state index in [4.69, 9.17) is 23.2 Å². The Morgan fingerprint density at radius 2 is 2.17 bits per heavy atom. The van der Waals surface area contributed by atoms with Crippen LogP contribution in [-0.4, -0.2) is 45.5 Å². The highest BCUT2D eigenvalue weighted by Crippen LogP contribution is 2.21. The number of allylic oxidation sites excluding steroid dienone is 1. The molecule has 0 spiro atoms. The molecule has 0 saturated heterocycles. The average Bonchev–Trinajstić information content (AvgIpc) is 2.94. The molecule has 0 saturated carbocycles. The van der Waals surface area contributed by atoms with Crippen molar-refractivity contribution in [2.45, 2.75) is 6.92 Å². The second kappa shape index (κ2) is 6.62. The largest absolute Gasteiger partial charge is 0.338 e. The molecule has 1 aliphatic rings. The van der Waals surface area contributed by atoms with E-state index >= 15 is 0 Å². The van der Waals surface area contributed by atoms with Crippen LogP contribution in [0.15, 0.2) is 40.8 Å². The quantitative estimate of drug-likeness (QED) is 0.907. The van der Waals surface area contributed by atoms with Gasteiger partial charge in [-0.2, -0.15) is 5.10 Å². The summed E-state index contributed by atoms with van der Waals surface area (Å²) in [6.07, 6.45) is 3.27. The molecular weight excluding hydrogens is 351 g/mol. The Morgan fingerprint density at radius 1 is 1.38 bits per heavy atom. The lowest BCUT2D eigenvalue weighted by atomic mass is 10.2. The second-order valence-corrected chi connectivity index (χ2v) is 5.95. The van der Waals surface area contributed by atoms with Gasteiger partial charge in [0.15, 0.2) is 11.0 Å². The van der Waals surface area contributed by atoms with Gasteiger partial charge in [0, 0.05) is 25.0 Å². The molecule has 1 N–H and O–H groups in total. The molecule has 1 amide bonds. The summed E-state index contributed by atoms with van der Waals surface area (Å²) < 4.78 is 1.33. The summed E-state index contributed by atoms with van der Waals surface area (Å²) in [7, 11) is 1.86. The van der Waals surface area contributed by atoms with E-state index in [0.29, 0.717) is 23.1 Å².